The quantitative estimate of drug-likeness (QED) is 0.545. The highest BCUT2D eigenvalue weighted by molar-refractivity contribution is 7.99. The van der Waals surface area contributed by atoms with Crippen LogP contribution in [0.4, 0.5) is 0 Å². The minimum absolute atomic E-state index is 0.433. The summed E-state index contributed by atoms with van der Waals surface area (Å²) in [6, 6.07) is 0.535. The highest BCUT2D eigenvalue weighted by Crippen LogP contribution is 2.16. The number of rotatable bonds is 1. The second kappa shape index (κ2) is 3.27. The number of nitrogens with one attached hydrogen (secondary N) is 1. The molecule has 0 bridgehead atoms. The summed E-state index contributed by atoms with van der Waals surface area (Å²) < 4.78 is 0. The number of thioether (sulfide) groups is 1. The van der Waals surface area contributed by atoms with Gasteiger partial charge in [-0.25, -0.2) is 0 Å². The summed E-state index contributed by atoms with van der Waals surface area (Å²) in [7, 11) is 0. The van der Waals surface area contributed by atoms with E-state index in [-0.39, 0.29) is 0 Å². The lowest BCUT2D eigenvalue weighted by Crippen LogP contribution is -2.38. The van der Waals surface area contributed by atoms with Gasteiger partial charge in [-0.15, -0.1) is 0 Å². The Labute approximate surface area is 64.6 Å². The fraction of sp³-hybridized carbons (Fsp3) is 0.800. The molecule has 1 fully saturated rings. The lowest BCUT2D eigenvalue weighted by molar-refractivity contribution is 0.680. The summed E-state index contributed by atoms with van der Waals surface area (Å²) in [5.41, 5.74) is 5.28. The van der Waals surface area contributed by atoms with Gasteiger partial charge in [0.15, 0.2) is 5.11 Å². The van der Waals surface area contributed by atoms with Gasteiger partial charge in [-0.3, -0.25) is 0 Å². The highest BCUT2D eigenvalue weighted by Gasteiger charge is 2.14. The van der Waals surface area contributed by atoms with Crippen molar-refractivity contribution in [3.05, 3.63) is 0 Å². The van der Waals surface area contributed by atoms with Crippen molar-refractivity contribution < 1.29 is 0 Å². The normalized spacial score (nSPS) is 26.0. The van der Waals surface area contributed by atoms with Gasteiger partial charge in [0.2, 0.25) is 0 Å². The predicted octanol–water partition coefficient (Wildman–Crippen LogP) is 0.325. The first-order chi connectivity index (χ1) is 4.29. The van der Waals surface area contributed by atoms with Crippen LogP contribution in [0, 0.1) is 0 Å². The average molecular weight is 162 g/mol. The van der Waals surface area contributed by atoms with Gasteiger partial charge in [0.25, 0.3) is 0 Å². The van der Waals surface area contributed by atoms with E-state index in [1.54, 1.807) is 0 Å². The van der Waals surface area contributed by atoms with Crippen molar-refractivity contribution in [2.45, 2.75) is 12.5 Å². The lowest BCUT2D eigenvalue weighted by atomic mass is 10.3. The molecule has 0 aromatic rings. The second-order valence-electron chi connectivity index (χ2n) is 2.07. The van der Waals surface area contributed by atoms with Crippen molar-refractivity contribution in [1.29, 1.82) is 0 Å². The Morgan fingerprint density at radius 1 is 1.78 bits per heavy atom. The van der Waals surface area contributed by atoms with Crippen molar-refractivity contribution in [3.63, 3.8) is 0 Å². The monoisotopic (exact) mass is 162 g/mol. The summed E-state index contributed by atoms with van der Waals surface area (Å²) in [6.07, 6.45) is 1.20. The largest absolute Gasteiger partial charge is 0.376 e. The molecule has 1 atom stereocenters. The van der Waals surface area contributed by atoms with Crippen LogP contribution < -0.4 is 11.1 Å². The summed E-state index contributed by atoms with van der Waals surface area (Å²) in [5, 5.41) is 3.46. The van der Waals surface area contributed by atoms with Crippen molar-refractivity contribution in [3.8, 4) is 0 Å². The van der Waals surface area contributed by atoms with E-state index in [9.17, 15) is 0 Å². The second-order valence-corrected chi connectivity index (χ2v) is 3.66. The molecule has 0 aliphatic carbocycles. The van der Waals surface area contributed by atoms with Crippen LogP contribution in [-0.2, 0) is 0 Å². The van der Waals surface area contributed by atoms with Gasteiger partial charge in [-0.1, -0.05) is 0 Å². The van der Waals surface area contributed by atoms with Gasteiger partial charge in [0.05, 0.1) is 0 Å². The fourth-order valence-corrected chi connectivity index (χ4v) is 2.17. The van der Waals surface area contributed by atoms with Crippen molar-refractivity contribution in [2.24, 2.45) is 5.73 Å². The molecular weight excluding hydrogens is 152 g/mol. The SMILES string of the molecule is NC(=S)NC1CCSC1. The van der Waals surface area contributed by atoms with Gasteiger partial charge in [0.1, 0.15) is 0 Å². The molecule has 9 heavy (non-hydrogen) atoms. The minimum atomic E-state index is 0.433. The van der Waals surface area contributed by atoms with Gasteiger partial charge in [0, 0.05) is 11.8 Å². The molecule has 0 saturated carbocycles. The van der Waals surface area contributed by atoms with Crippen LogP contribution in [0.3, 0.4) is 0 Å². The van der Waals surface area contributed by atoms with Crippen LogP contribution in [0.1, 0.15) is 6.42 Å². The minimum Gasteiger partial charge on any atom is -0.376 e. The first-order valence-electron chi connectivity index (χ1n) is 2.93. The van der Waals surface area contributed by atoms with Gasteiger partial charge in [-0.2, -0.15) is 11.8 Å². The molecule has 1 aliphatic heterocycles. The van der Waals surface area contributed by atoms with E-state index in [0.717, 1.165) is 5.75 Å². The standard InChI is InChI=1S/C5H10N2S2/c6-5(8)7-4-1-2-9-3-4/h4H,1-3H2,(H3,6,7,8). The summed E-state index contributed by atoms with van der Waals surface area (Å²) >= 11 is 6.64. The van der Waals surface area contributed by atoms with Crippen LogP contribution in [0.2, 0.25) is 0 Å². The molecule has 1 aliphatic rings. The molecule has 4 heteroatoms. The highest BCUT2D eigenvalue weighted by atomic mass is 32.2. The van der Waals surface area contributed by atoms with Crippen LogP contribution in [0.25, 0.3) is 0 Å². The molecule has 1 heterocycles. The zero-order valence-corrected chi connectivity index (χ0v) is 6.73. The smallest absolute Gasteiger partial charge is 0.163 e. The molecule has 0 radical (unpaired) electrons. The van der Waals surface area contributed by atoms with Crippen LogP contribution >= 0.6 is 24.0 Å². The zero-order chi connectivity index (χ0) is 6.69. The van der Waals surface area contributed by atoms with Crippen LogP contribution in [0.5, 0.6) is 0 Å². The molecule has 0 aromatic heterocycles. The molecule has 2 nitrogen and oxygen atoms in total. The Kier molecular flexibility index (Phi) is 2.60. The molecule has 1 unspecified atom stereocenters. The zero-order valence-electron chi connectivity index (χ0n) is 5.09. The summed E-state index contributed by atoms with van der Waals surface area (Å²) in [6.45, 7) is 0. The molecule has 0 spiro atoms. The fourth-order valence-electron chi connectivity index (χ4n) is 0.850. The number of hydrogen-bond donors (Lipinski definition) is 2. The Bertz CT molecular complexity index is 110. The van der Waals surface area contributed by atoms with E-state index >= 15 is 0 Å². The maximum atomic E-state index is 5.28. The van der Waals surface area contributed by atoms with Crippen LogP contribution in [-0.4, -0.2) is 22.7 Å². The molecule has 1 saturated heterocycles. The Morgan fingerprint density at radius 2 is 2.56 bits per heavy atom. The maximum absolute atomic E-state index is 5.28. The van der Waals surface area contributed by atoms with E-state index in [1.807, 2.05) is 11.8 Å². The Hall–Kier alpha value is 0.0400. The first-order valence-corrected chi connectivity index (χ1v) is 4.49. The van der Waals surface area contributed by atoms with Gasteiger partial charge in [-0.05, 0) is 24.4 Å². The summed E-state index contributed by atoms with van der Waals surface area (Å²) in [4.78, 5) is 0. The van der Waals surface area contributed by atoms with E-state index in [4.69, 9.17) is 5.73 Å². The number of hydrogen-bond acceptors (Lipinski definition) is 2. The topological polar surface area (TPSA) is 38.0 Å². The van der Waals surface area contributed by atoms with Crippen molar-refractivity contribution in [1.82, 2.24) is 5.32 Å². The van der Waals surface area contributed by atoms with Gasteiger partial charge < -0.3 is 11.1 Å². The van der Waals surface area contributed by atoms with E-state index < -0.39 is 0 Å². The van der Waals surface area contributed by atoms with Gasteiger partial charge >= 0.3 is 0 Å². The van der Waals surface area contributed by atoms with E-state index in [1.165, 1.54) is 12.2 Å². The molecule has 1 rings (SSSR count). The predicted molar refractivity (Wildman–Crippen MR) is 45.7 cm³/mol. The molecule has 0 aromatic carbocycles. The molecular formula is C5H10N2S2. The molecule has 3 N–H and O–H groups in total. The molecule has 52 valence electrons. The van der Waals surface area contributed by atoms with Crippen molar-refractivity contribution in [2.75, 3.05) is 11.5 Å². The van der Waals surface area contributed by atoms with Crippen molar-refractivity contribution >= 4 is 29.1 Å². The third-order valence-corrected chi connectivity index (χ3v) is 2.56. The number of nitrogens with two attached hydrogens (primary N) is 1. The third kappa shape index (κ3) is 2.41. The number of thiocarbonyl (C=S) groups is 1. The maximum Gasteiger partial charge on any atom is 0.163 e. The summed E-state index contributed by atoms with van der Waals surface area (Å²) in [5.74, 6) is 2.39. The van der Waals surface area contributed by atoms with Crippen LogP contribution in [0.15, 0.2) is 0 Å². The van der Waals surface area contributed by atoms with E-state index in [2.05, 4.69) is 17.5 Å². The first kappa shape index (κ1) is 7.15. The lowest BCUT2D eigenvalue weighted by Gasteiger charge is -2.08. The third-order valence-electron chi connectivity index (χ3n) is 1.28. The Morgan fingerprint density at radius 3 is 3.00 bits per heavy atom. The molecule has 0 amide bonds. The van der Waals surface area contributed by atoms with E-state index in [0.29, 0.717) is 11.2 Å². The average Bonchev–Trinajstić information content (AvgIpc) is 2.15. The Balaban J connectivity index is 2.19.